The van der Waals surface area contributed by atoms with Crippen molar-refractivity contribution in [2.75, 3.05) is 7.11 Å². The largest absolute Gasteiger partial charge is 0.497 e. The third-order valence-corrected chi connectivity index (χ3v) is 3.34. The molecule has 0 aliphatic heterocycles. The quantitative estimate of drug-likeness (QED) is 0.865. The molecule has 0 bridgehead atoms. The molecule has 0 spiro atoms. The molecule has 0 fully saturated rings. The average molecular weight is 276 g/mol. The summed E-state index contributed by atoms with van der Waals surface area (Å²) in [5, 5.41) is 9.42. The molecule has 98 valence electrons. The summed E-state index contributed by atoms with van der Waals surface area (Å²) in [6.45, 7) is 1.66. The first-order valence-corrected chi connectivity index (χ1v) is 6.30. The van der Waals surface area contributed by atoms with Gasteiger partial charge >= 0.3 is 5.97 Å². The van der Waals surface area contributed by atoms with Crippen molar-refractivity contribution in [3.63, 3.8) is 0 Å². The topological polar surface area (TPSA) is 72.3 Å². The van der Waals surface area contributed by atoms with Crippen LogP contribution in [0.25, 0.3) is 0 Å². The van der Waals surface area contributed by atoms with Crippen LogP contribution in [0, 0.1) is 6.92 Å². The standard InChI is InChI=1S/C13H12N2O3S/c1-8-11(12(16)17)7-14-13(15-8)19-10-5-3-9(18-2)4-6-10/h3-7H,1-2H3,(H,16,17). The van der Waals surface area contributed by atoms with Gasteiger partial charge in [-0.15, -0.1) is 0 Å². The number of hydrogen-bond donors (Lipinski definition) is 1. The molecule has 1 heterocycles. The van der Waals surface area contributed by atoms with Crippen LogP contribution < -0.4 is 4.74 Å². The van der Waals surface area contributed by atoms with Gasteiger partial charge in [-0.25, -0.2) is 14.8 Å². The van der Waals surface area contributed by atoms with Gasteiger partial charge in [0.25, 0.3) is 0 Å². The van der Waals surface area contributed by atoms with Crippen molar-refractivity contribution in [3.8, 4) is 5.75 Å². The third kappa shape index (κ3) is 3.23. The van der Waals surface area contributed by atoms with E-state index in [2.05, 4.69) is 9.97 Å². The second kappa shape index (κ2) is 5.71. The molecule has 1 N–H and O–H groups in total. The molecule has 1 aromatic heterocycles. The lowest BCUT2D eigenvalue weighted by atomic mass is 10.2. The Morgan fingerprint density at radius 1 is 1.32 bits per heavy atom. The Labute approximate surface area is 114 Å². The minimum absolute atomic E-state index is 0.124. The Morgan fingerprint density at radius 3 is 2.53 bits per heavy atom. The summed E-state index contributed by atoms with van der Waals surface area (Å²) in [6, 6.07) is 7.49. The van der Waals surface area contributed by atoms with Crippen molar-refractivity contribution in [2.24, 2.45) is 0 Å². The lowest BCUT2D eigenvalue weighted by Crippen LogP contribution is -2.03. The van der Waals surface area contributed by atoms with E-state index in [1.807, 2.05) is 24.3 Å². The van der Waals surface area contributed by atoms with Crippen LogP contribution in [0.15, 0.2) is 40.5 Å². The van der Waals surface area contributed by atoms with Crippen LogP contribution in [0.2, 0.25) is 0 Å². The Bertz CT molecular complexity index is 599. The number of aromatic nitrogens is 2. The number of carboxylic acid groups (broad SMARTS) is 1. The molecule has 0 atom stereocenters. The summed E-state index contributed by atoms with van der Waals surface area (Å²) in [7, 11) is 1.61. The number of nitrogens with zero attached hydrogens (tertiary/aromatic N) is 2. The molecule has 19 heavy (non-hydrogen) atoms. The van der Waals surface area contributed by atoms with Crippen molar-refractivity contribution in [3.05, 3.63) is 41.7 Å². The molecule has 0 radical (unpaired) electrons. The summed E-state index contributed by atoms with van der Waals surface area (Å²) in [5.41, 5.74) is 0.581. The minimum atomic E-state index is -1.02. The second-order valence-corrected chi connectivity index (χ2v) is 4.78. The van der Waals surface area contributed by atoms with E-state index in [1.165, 1.54) is 18.0 Å². The van der Waals surface area contributed by atoms with Crippen LogP contribution in [0.3, 0.4) is 0 Å². The van der Waals surface area contributed by atoms with Crippen LogP contribution in [-0.4, -0.2) is 28.2 Å². The van der Waals surface area contributed by atoms with Gasteiger partial charge in [-0.05, 0) is 43.0 Å². The zero-order chi connectivity index (χ0) is 13.8. The molecule has 1 aromatic carbocycles. The summed E-state index contributed by atoms with van der Waals surface area (Å²) in [5.74, 6) is -0.235. The van der Waals surface area contributed by atoms with Crippen molar-refractivity contribution in [2.45, 2.75) is 17.0 Å². The lowest BCUT2D eigenvalue weighted by Gasteiger charge is -2.04. The maximum absolute atomic E-state index is 10.9. The van der Waals surface area contributed by atoms with Crippen molar-refractivity contribution < 1.29 is 14.6 Å². The van der Waals surface area contributed by atoms with Crippen LogP contribution in [0.1, 0.15) is 16.1 Å². The molecule has 6 heteroatoms. The van der Waals surface area contributed by atoms with Crippen LogP contribution in [-0.2, 0) is 0 Å². The molecular formula is C13H12N2O3S. The number of carbonyl (C=O) groups is 1. The maximum atomic E-state index is 10.9. The number of methoxy groups -OCH3 is 1. The molecule has 2 rings (SSSR count). The Kier molecular flexibility index (Phi) is 4.01. The molecular weight excluding hydrogens is 264 g/mol. The molecule has 0 aliphatic carbocycles. The van der Waals surface area contributed by atoms with Gasteiger partial charge in [0.05, 0.1) is 18.4 Å². The van der Waals surface area contributed by atoms with Gasteiger partial charge in [0.2, 0.25) is 0 Å². The van der Waals surface area contributed by atoms with Crippen LogP contribution in [0.4, 0.5) is 0 Å². The monoisotopic (exact) mass is 276 g/mol. The number of carboxylic acids is 1. The van der Waals surface area contributed by atoms with Crippen LogP contribution in [0.5, 0.6) is 5.75 Å². The highest BCUT2D eigenvalue weighted by Gasteiger charge is 2.10. The first-order valence-electron chi connectivity index (χ1n) is 5.49. The average Bonchev–Trinajstić information content (AvgIpc) is 2.39. The van der Waals surface area contributed by atoms with Gasteiger partial charge in [0.15, 0.2) is 5.16 Å². The third-order valence-electron chi connectivity index (χ3n) is 2.46. The molecule has 0 amide bonds. The smallest absolute Gasteiger partial charge is 0.339 e. The van der Waals surface area contributed by atoms with Gasteiger partial charge < -0.3 is 9.84 Å². The van der Waals surface area contributed by atoms with E-state index in [1.54, 1.807) is 14.0 Å². The number of benzene rings is 1. The summed E-state index contributed by atoms with van der Waals surface area (Å²) in [6.07, 6.45) is 1.33. The van der Waals surface area contributed by atoms with Crippen molar-refractivity contribution in [1.29, 1.82) is 0 Å². The fraction of sp³-hybridized carbons (Fsp3) is 0.154. The van der Waals surface area contributed by atoms with Crippen LogP contribution >= 0.6 is 11.8 Å². The second-order valence-electron chi connectivity index (χ2n) is 3.73. The van der Waals surface area contributed by atoms with E-state index in [0.717, 1.165) is 10.6 Å². The summed E-state index contributed by atoms with van der Waals surface area (Å²) < 4.78 is 5.07. The molecule has 5 nitrogen and oxygen atoms in total. The molecule has 0 saturated heterocycles. The van der Waals surface area contributed by atoms with Gasteiger partial charge in [-0.1, -0.05) is 0 Å². The number of aromatic carboxylic acids is 1. The molecule has 0 unspecified atom stereocenters. The van der Waals surface area contributed by atoms with Gasteiger partial charge in [0.1, 0.15) is 5.75 Å². The normalized spacial score (nSPS) is 10.2. The minimum Gasteiger partial charge on any atom is -0.497 e. The highest BCUT2D eigenvalue weighted by molar-refractivity contribution is 7.99. The van der Waals surface area contributed by atoms with Gasteiger partial charge in [0, 0.05) is 11.1 Å². The van der Waals surface area contributed by atoms with Gasteiger partial charge in [-0.3, -0.25) is 0 Å². The molecule has 0 saturated carbocycles. The first kappa shape index (κ1) is 13.4. The fourth-order valence-electron chi connectivity index (χ4n) is 1.45. The van der Waals surface area contributed by atoms with E-state index in [0.29, 0.717) is 10.9 Å². The number of ether oxygens (including phenoxy) is 1. The van der Waals surface area contributed by atoms with E-state index in [9.17, 15) is 4.79 Å². The summed E-state index contributed by atoms with van der Waals surface area (Å²) in [4.78, 5) is 20.0. The SMILES string of the molecule is COc1ccc(Sc2ncc(C(=O)O)c(C)n2)cc1. The molecule has 2 aromatic rings. The lowest BCUT2D eigenvalue weighted by molar-refractivity contribution is 0.0695. The van der Waals surface area contributed by atoms with E-state index >= 15 is 0 Å². The first-order chi connectivity index (χ1) is 9.10. The summed E-state index contributed by atoms with van der Waals surface area (Å²) >= 11 is 1.37. The highest BCUT2D eigenvalue weighted by atomic mass is 32.2. The predicted molar refractivity (Wildman–Crippen MR) is 70.8 cm³/mol. The Hall–Kier alpha value is -2.08. The number of aryl methyl sites for hydroxylation is 1. The Balaban J connectivity index is 2.18. The number of rotatable bonds is 4. The van der Waals surface area contributed by atoms with E-state index < -0.39 is 5.97 Å². The van der Waals surface area contributed by atoms with Crippen molar-refractivity contribution >= 4 is 17.7 Å². The van der Waals surface area contributed by atoms with E-state index in [-0.39, 0.29) is 5.56 Å². The molecule has 0 aliphatic rings. The Morgan fingerprint density at radius 2 is 2.00 bits per heavy atom. The zero-order valence-electron chi connectivity index (χ0n) is 10.5. The maximum Gasteiger partial charge on any atom is 0.339 e. The van der Waals surface area contributed by atoms with Crippen molar-refractivity contribution in [1.82, 2.24) is 9.97 Å². The van der Waals surface area contributed by atoms with E-state index in [4.69, 9.17) is 9.84 Å². The number of hydrogen-bond acceptors (Lipinski definition) is 5. The highest BCUT2D eigenvalue weighted by Crippen LogP contribution is 2.26. The van der Waals surface area contributed by atoms with Gasteiger partial charge in [-0.2, -0.15) is 0 Å². The predicted octanol–water partition coefficient (Wildman–Crippen LogP) is 2.64. The fourth-order valence-corrected chi connectivity index (χ4v) is 2.23. The zero-order valence-corrected chi connectivity index (χ0v) is 11.3.